The fourth-order valence-electron chi connectivity index (χ4n) is 2.42. The van der Waals surface area contributed by atoms with Gasteiger partial charge in [-0.25, -0.2) is 0 Å². The van der Waals surface area contributed by atoms with Crippen LogP contribution in [0.4, 0.5) is 0 Å². The Morgan fingerprint density at radius 3 is 2.81 bits per heavy atom. The molecule has 0 N–H and O–H groups in total. The third-order valence-corrected chi connectivity index (χ3v) is 3.59. The second-order valence-corrected chi connectivity index (χ2v) is 5.01. The van der Waals surface area contributed by atoms with Gasteiger partial charge in [0.15, 0.2) is 0 Å². The molecule has 3 aromatic rings. The van der Waals surface area contributed by atoms with Crippen LogP contribution in [0.5, 0.6) is 5.75 Å². The van der Waals surface area contributed by atoms with Crippen LogP contribution in [0.1, 0.15) is 11.1 Å². The Morgan fingerprint density at radius 1 is 1.14 bits per heavy atom. The van der Waals surface area contributed by atoms with Crippen LogP contribution >= 0.6 is 0 Å². The molecule has 1 aromatic heterocycles. The first-order valence-electron chi connectivity index (χ1n) is 6.95. The average Bonchev–Trinajstić information content (AvgIpc) is 2.91. The fourth-order valence-corrected chi connectivity index (χ4v) is 2.42. The second-order valence-electron chi connectivity index (χ2n) is 5.01. The van der Waals surface area contributed by atoms with E-state index in [0.717, 1.165) is 28.8 Å². The number of hydrogen-bond donors (Lipinski definition) is 0. The van der Waals surface area contributed by atoms with Crippen molar-refractivity contribution in [2.75, 3.05) is 6.61 Å². The van der Waals surface area contributed by atoms with Gasteiger partial charge >= 0.3 is 0 Å². The van der Waals surface area contributed by atoms with Crippen molar-refractivity contribution in [1.82, 2.24) is 4.57 Å². The quantitative estimate of drug-likeness (QED) is 0.724. The number of fused-ring (bicyclic) bond motifs is 1. The third-order valence-electron chi connectivity index (χ3n) is 3.59. The Labute approximate surface area is 124 Å². The van der Waals surface area contributed by atoms with Crippen LogP contribution in [0.2, 0.25) is 0 Å². The summed E-state index contributed by atoms with van der Waals surface area (Å²) in [6, 6.07) is 18.0. The van der Waals surface area contributed by atoms with Crippen LogP contribution in [0, 0.1) is 18.3 Å². The van der Waals surface area contributed by atoms with E-state index in [2.05, 4.69) is 16.7 Å². The fraction of sp³-hybridized carbons (Fsp3) is 0.167. The molecule has 0 saturated carbocycles. The van der Waals surface area contributed by atoms with E-state index < -0.39 is 0 Å². The summed E-state index contributed by atoms with van der Waals surface area (Å²) >= 11 is 0. The molecule has 0 amide bonds. The largest absolute Gasteiger partial charge is 0.491 e. The second kappa shape index (κ2) is 5.72. The molecular formula is C18H16N2O. The van der Waals surface area contributed by atoms with Crippen LogP contribution in [0.15, 0.2) is 54.7 Å². The van der Waals surface area contributed by atoms with E-state index in [1.54, 1.807) is 0 Å². The predicted molar refractivity (Wildman–Crippen MR) is 83.3 cm³/mol. The van der Waals surface area contributed by atoms with Gasteiger partial charge in [0.2, 0.25) is 0 Å². The number of para-hydroxylation sites is 1. The van der Waals surface area contributed by atoms with E-state index in [1.807, 2.05) is 55.6 Å². The molecule has 0 spiro atoms. The lowest BCUT2D eigenvalue weighted by Crippen LogP contribution is -2.07. The molecule has 3 heteroatoms. The molecule has 1 heterocycles. The zero-order chi connectivity index (χ0) is 14.7. The maximum atomic E-state index is 9.00. The molecule has 3 nitrogen and oxygen atoms in total. The van der Waals surface area contributed by atoms with Crippen molar-refractivity contribution in [3.05, 3.63) is 65.9 Å². The average molecular weight is 276 g/mol. The lowest BCUT2D eigenvalue weighted by Gasteiger charge is -2.10. The Hall–Kier alpha value is -2.73. The van der Waals surface area contributed by atoms with E-state index in [1.165, 1.54) is 0 Å². The number of hydrogen-bond acceptors (Lipinski definition) is 2. The number of benzene rings is 2. The van der Waals surface area contributed by atoms with Crippen molar-refractivity contribution >= 4 is 10.9 Å². The summed E-state index contributed by atoms with van der Waals surface area (Å²) in [6.07, 6.45) is 2.03. The first-order chi connectivity index (χ1) is 10.3. The maximum absolute atomic E-state index is 9.00. The highest BCUT2D eigenvalue weighted by Crippen LogP contribution is 2.19. The molecule has 0 unspecified atom stereocenters. The summed E-state index contributed by atoms with van der Waals surface area (Å²) in [5.41, 5.74) is 2.89. The van der Waals surface area contributed by atoms with E-state index in [0.29, 0.717) is 12.2 Å². The van der Waals surface area contributed by atoms with Gasteiger partial charge < -0.3 is 9.30 Å². The molecule has 104 valence electrons. The van der Waals surface area contributed by atoms with Gasteiger partial charge in [-0.3, -0.25) is 0 Å². The molecule has 3 rings (SSSR count). The summed E-state index contributed by atoms with van der Waals surface area (Å²) in [6.45, 7) is 3.40. The Morgan fingerprint density at radius 2 is 2.00 bits per heavy atom. The molecule has 0 atom stereocenters. The van der Waals surface area contributed by atoms with Crippen molar-refractivity contribution in [2.24, 2.45) is 0 Å². The van der Waals surface area contributed by atoms with Gasteiger partial charge in [-0.2, -0.15) is 5.26 Å². The number of rotatable bonds is 4. The normalized spacial score (nSPS) is 10.5. The molecule has 2 aromatic carbocycles. The third kappa shape index (κ3) is 2.75. The first-order valence-corrected chi connectivity index (χ1v) is 6.95. The van der Waals surface area contributed by atoms with Crippen molar-refractivity contribution < 1.29 is 4.74 Å². The lowest BCUT2D eigenvalue weighted by atomic mass is 10.2. The maximum Gasteiger partial charge on any atom is 0.122 e. The lowest BCUT2D eigenvalue weighted by molar-refractivity contribution is 0.298. The number of nitriles is 1. The van der Waals surface area contributed by atoms with Crippen LogP contribution in [0.3, 0.4) is 0 Å². The number of aryl methyl sites for hydroxylation is 1. The topological polar surface area (TPSA) is 38.0 Å². The van der Waals surface area contributed by atoms with E-state index in [4.69, 9.17) is 10.00 Å². The van der Waals surface area contributed by atoms with Gasteiger partial charge in [0.25, 0.3) is 0 Å². The summed E-state index contributed by atoms with van der Waals surface area (Å²) in [4.78, 5) is 0. The van der Waals surface area contributed by atoms with Gasteiger partial charge in [-0.15, -0.1) is 0 Å². The number of nitrogens with zero attached hydrogens (tertiary/aromatic N) is 2. The number of aromatic nitrogens is 1. The zero-order valence-corrected chi connectivity index (χ0v) is 11.9. The summed E-state index contributed by atoms with van der Waals surface area (Å²) in [7, 11) is 0. The molecule has 0 bridgehead atoms. The summed E-state index contributed by atoms with van der Waals surface area (Å²) in [5.74, 6) is 0.923. The molecular weight excluding hydrogens is 260 g/mol. The van der Waals surface area contributed by atoms with Crippen LogP contribution in [-0.2, 0) is 6.54 Å². The molecule has 0 aliphatic heterocycles. The van der Waals surface area contributed by atoms with Gasteiger partial charge in [0.1, 0.15) is 12.4 Å². The van der Waals surface area contributed by atoms with Crippen molar-refractivity contribution in [1.29, 1.82) is 5.26 Å². The summed E-state index contributed by atoms with van der Waals surface area (Å²) < 4.78 is 7.95. The van der Waals surface area contributed by atoms with Crippen molar-refractivity contribution in [2.45, 2.75) is 13.5 Å². The van der Waals surface area contributed by atoms with Crippen molar-refractivity contribution in [3.63, 3.8) is 0 Å². The van der Waals surface area contributed by atoms with E-state index >= 15 is 0 Å². The van der Waals surface area contributed by atoms with Gasteiger partial charge in [0, 0.05) is 11.7 Å². The van der Waals surface area contributed by atoms with Gasteiger partial charge in [-0.05, 0) is 42.1 Å². The highest BCUT2D eigenvalue weighted by atomic mass is 16.5. The van der Waals surface area contributed by atoms with E-state index in [9.17, 15) is 0 Å². The molecule has 0 saturated heterocycles. The molecule has 0 aliphatic carbocycles. The zero-order valence-electron chi connectivity index (χ0n) is 11.9. The van der Waals surface area contributed by atoms with Gasteiger partial charge in [0.05, 0.1) is 18.2 Å². The highest BCUT2D eigenvalue weighted by molar-refractivity contribution is 5.81. The highest BCUT2D eigenvalue weighted by Gasteiger charge is 2.03. The van der Waals surface area contributed by atoms with Crippen molar-refractivity contribution in [3.8, 4) is 11.8 Å². The van der Waals surface area contributed by atoms with Crippen LogP contribution in [0.25, 0.3) is 10.9 Å². The van der Waals surface area contributed by atoms with Crippen LogP contribution < -0.4 is 4.74 Å². The molecule has 21 heavy (non-hydrogen) atoms. The SMILES string of the molecule is Cc1ccccc1OCCn1ccc2ccc(C#N)cc21. The smallest absolute Gasteiger partial charge is 0.122 e. The standard InChI is InChI=1S/C18H16N2O/c1-14-4-2-3-5-18(14)21-11-10-20-9-8-16-7-6-15(13-19)12-17(16)20/h2-9,12H,10-11H2,1H3. The summed E-state index contributed by atoms with van der Waals surface area (Å²) in [5, 5.41) is 10.1. The minimum atomic E-state index is 0.603. The molecule has 0 aliphatic rings. The molecule has 0 fully saturated rings. The molecule has 0 radical (unpaired) electrons. The van der Waals surface area contributed by atoms with Gasteiger partial charge in [-0.1, -0.05) is 24.3 Å². The minimum absolute atomic E-state index is 0.603. The Kier molecular flexibility index (Phi) is 3.61. The Balaban J connectivity index is 1.74. The Bertz CT molecular complexity index is 811. The van der Waals surface area contributed by atoms with E-state index in [-0.39, 0.29) is 0 Å². The first kappa shape index (κ1) is 13.3. The minimum Gasteiger partial charge on any atom is -0.491 e. The number of ether oxygens (including phenoxy) is 1. The predicted octanol–water partition coefficient (Wildman–Crippen LogP) is 3.90. The van der Waals surface area contributed by atoms with Crippen LogP contribution in [-0.4, -0.2) is 11.2 Å². The monoisotopic (exact) mass is 276 g/mol.